The quantitative estimate of drug-likeness (QED) is 0.822. The van der Waals surface area contributed by atoms with Crippen molar-refractivity contribution in [3.8, 4) is 0 Å². The zero-order valence-corrected chi connectivity index (χ0v) is 12.8. The number of carbonyl (C=O) groups excluding carboxylic acids is 2. The van der Waals surface area contributed by atoms with Gasteiger partial charge in [-0.1, -0.05) is 36.4 Å². The summed E-state index contributed by atoms with van der Waals surface area (Å²) in [6, 6.07) is 13.3. The second-order valence-electron chi connectivity index (χ2n) is 5.69. The van der Waals surface area contributed by atoms with Gasteiger partial charge in [-0.05, 0) is 30.8 Å². The molecule has 0 unspecified atom stereocenters. The number of hydrogen-bond donors (Lipinski definition) is 1. The first-order valence-corrected chi connectivity index (χ1v) is 7.36. The van der Waals surface area contributed by atoms with Gasteiger partial charge >= 0.3 is 0 Å². The largest absolute Gasteiger partial charge is 0.305 e. The zero-order chi connectivity index (χ0) is 14.4. The molecule has 2 aliphatic rings. The number of piperidine rings is 1. The summed E-state index contributed by atoms with van der Waals surface area (Å²) in [6.07, 6.45) is 1.74. The molecular formula is C17H17ClN2O2. The molecule has 0 aliphatic carbocycles. The number of benzene rings is 2. The van der Waals surface area contributed by atoms with Crippen molar-refractivity contribution >= 4 is 40.7 Å². The van der Waals surface area contributed by atoms with Crippen molar-refractivity contribution in [2.45, 2.75) is 18.9 Å². The van der Waals surface area contributed by atoms with Gasteiger partial charge in [0.2, 0.25) is 5.91 Å². The lowest BCUT2D eigenvalue weighted by Crippen LogP contribution is -2.44. The smallest absolute Gasteiger partial charge is 0.251 e. The highest BCUT2D eigenvalue weighted by atomic mass is 35.5. The first kappa shape index (κ1) is 15.0. The molecular weight excluding hydrogens is 300 g/mol. The van der Waals surface area contributed by atoms with E-state index in [2.05, 4.69) is 5.32 Å². The van der Waals surface area contributed by atoms with Crippen molar-refractivity contribution in [3.63, 3.8) is 0 Å². The standard InChI is InChI=1S/C17H16N2O2.ClH/c20-16-13-8-4-10-18-15(13)17(21)19(16)14-9-3-6-11-5-1-2-7-12(11)14;/h1-3,5-7,9,13,15,18H,4,8,10H2;1H/t13-,15+;/m1./s1. The van der Waals surface area contributed by atoms with E-state index in [1.807, 2.05) is 42.5 Å². The molecule has 0 radical (unpaired) electrons. The Morgan fingerprint density at radius 2 is 1.77 bits per heavy atom. The third-order valence-electron chi connectivity index (χ3n) is 4.49. The molecule has 0 saturated carbocycles. The van der Waals surface area contributed by atoms with Gasteiger partial charge in [0.25, 0.3) is 5.91 Å². The maximum Gasteiger partial charge on any atom is 0.251 e. The van der Waals surface area contributed by atoms with E-state index in [0.717, 1.165) is 30.2 Å². The van der Waals surface area contributed by atoms with Crippen molar-refractivity contribution in [1.82, 2.24) is 5.32 Å². The van der Waals surface area contributed by atoms with E-state index in [1.165, 1.54) is 4.90 Å². The number of imide groups is 1. The third-order valence-corrected chi connectivity index (χ3v) is 4.49. The highest BCUT2D eigenvalue weighted by molar-refractivity contribution is 6.26. The second-order valence-corrected chi connectivity index (χ2v) is 5.69. The average molecular weight is 317 g/mol. The molecule has 2 aromatic carbocycles. The van der Waals surface area contributed by atoms with Crippen molar-refractivity contribution in [2.24, 2.45) is 5.92 Å². The summed E-state index contributed by atoms with van der Waals surface area (Å²) < 4.78 is 0. The molecule has 2 atom stereocenters. The number of halogens is 1. The van der Waals surface area contributed by atoms with Crippen LogP contribution in [0.3, 0.4) is 0 Å². The molecule has 2 aromatic rings. The molecule has 22 heavy (non-hydrogen) atoms. The summed E-state index contributed by atoms with van der Waals surface area (Å²) in [5.41, 5.74) is 0.708. The predicted octanol–water partition coefficient (Wildman–Crippen LogP) is 2.50. The van der Waals surface area contributed by atoms with E-state index < -0.39 is 0 Å². The SMILES string of the molecule is Cl.O=C1[C@H]2NCCC[C@H]2C(=O)N1c1cccc2ccccc12. The predicted molar refractivity (Wildman–Crippen MR) is 88.2 cm³/mol. The highest BCUT2D eigenvalue weighted by Crippen LogP contribution is 2.35. The molecule has 2 fully saturated rings. The molecule has 4 rings (SSSR count). The van der Waals surface area contributed by atoms with Gasteiger partial charge in [-0.2, -0.15) is 0 Å². The van der Waals surface area contributed by atoms with Gasteiger partial charge in [-0.25, -0.2) is 4.90 Å². The first-order valence-electron chi connectivity index (χ1n) is 7.36. The van der Waals surface area contributed by atoms with E-state index >= 15 is 0 Å². The van der Waals surface area contributed by atoms with Gasteiger partial charge in [-0.3, -0.25) is 9.59 Å². The lowest BCUT2D eigenvalue weighted by atomic mass is 9.93. The fraction of sp³-hybridized carbons (Fsp3) is 0.294. The number of fused-ring (bicyclic) bond motifs is 2. The lowest BCUT2D eigenvalue weighted by Gasteiger charge is -2.21. The number of hydrogen-bond acceptors (Lipinski definition) is 3. The minimum Gasteiger partial charge on any atom is -0.305 e. The van der Waals surface area contributed by atoms with Crippen LogP contribution in [0, 0.1) is 5.92 Å². The van der Waals surface area contributed by atoms with E-state index in [0.29, 0.717) is 5.69 Å². The fourth-order valence-corrected chi connectivity index (χ4v) is 3.47. The van der Waals surface area contributed by atoms with Crippen molar-refractivity contribution in [3.05, 3.63) is 42.5 Å². The molecule has 0 bridgehead atoms. The Labute approximate surface area is 134 Å². The van der Waals surface area contributed by atoms with Gasteiger partial charge in [-0.15, -0.1) is 12.4 Å². The van der Waals surface area contributed by atoms with Crippen LogP contribution in [-0.4, -0.2) is 24.4 Å². The zero-order valence-electron chi connectivity index (χ0n) is 12.0. The number of nitrogens with zero attached hydrogens (tertiary/aromatic N) is 1. The summed E-state index contributed by atoms with van der Waals surface area (Å²) in [5, 5.41) is 5.18. The average Bonchev–Trinajstić information content (AvgIpc) is 2.79. The Hall–Kier alpha value is -1.91. The van der Waals surface area contributed by atoms with Crippen LogP contribution >= 0.6 is 12.4 Å². The van der Waals surface area contributed by atoms with E-state index in [1.54, 1.807) is 0 Å². The van der Waals surface area contributed by atoms with Crippen LogP contribution in [0.15, 0.2) is 42.5 Å². The summed E-state index contributed by atoms with van der Waals surface area (Å²) >= 11 is 0. The molecule has 5 heteroatoms. The Kier molecular flexibility index (Phi) is 3.89. The Balaban J connectivity index is 0.00000144. The molecule has 0 spiro atoms. The maximum atomic E-state index is 12.7. The fourth-order valence-electron chi connectivity index (χ4n) is 3.47. The molecule has 1 N–H and O–H groups in total. The Bertz CT molecular complexity index is 717. The first-order chi connectivity index (χ1) is 10.3. The molecule has 2 amide bonds. The molecule has 2 aliphatic heterocycles. The summed E-state index contributed by atoms with van der Waals surface area (Å²) in [5.74, 6) is -0.375. The van der Waals surface area contributed by atoms with Crippen LogP contribution in [0.1, 0.15) is 12.8 Å². The van der Waals surface area contributed by atoms with Gasteiger partial charge in [0.1, 0.15) is 0 Å². The van der Waals surface area contributed by atoms with Gasteiger partial charge < -0.3 is 5.32 Å². The van der Waals surface area contributed by atoms with Crippen LogP contribution < -0.4 is 10.2 Å². The lowest BCUT2D eigenvalue weighted by molar-refractivity contribution is -0.122. The Morgan fingerprint density at radius 1 is 1.00 bits per heavy atom. The second kappa shape index (κ2) is 5.71. The van der Waals surface area contributed by atoms with Crippen LogP contribution in [0.2, 0.25) is 0 Å². The molecule has 2 saturated heterocycles. The summed E-state index contributed by atoms with van der Waals surface area (Å²) in [7, 11) is 0. The van der Waals surface area contributed by atoms with Crippen LogP contribution in [0.5, 0.6) is 0 Å². The number of amides is 2. The minimum atomic E-state index is -0.342. The summed E-state index contributed by atoms with van der Waals surface area (Å²) in [4.78, 5) is 26.7. The van der Waals surface area contributed by atoms with Crippen molar-refractivity contribution in [2.75, 3.05) is 11.4 Å². The Morgan fingerprint density at radius 3 is 2.59 bits per heavy atom. The molecule has 4 nitrogen and oxygen atoms in total. The molecule has 114 valence electrons. The summed E-state index contributed by atoms with van der Waals surface area (Å²) in [6.45, 7) is 0.809. The number of nitrogens with one attached hydrogen (secondary N) is 1. The van der Waals surface area contributed by atoms with Crippen molar-refractivity contribution in [1.29, 1.82) is 0 Å². The van der Waals surface area contributed by atoms with Crippen LogP contribution in [-0.2, 0) is 9.59 Å². The van der Waals surface area contributed by atoms with Gasteiger partial charge in [0, 0.05) is 5.39 Å². The molecule has 2 heterocycles. The number of carbonyl (C=O) groups is 2. The topological polar surface area (TPSA) is 49.4 Å². The van der Waals surface area contributed by atoms with Gasteiger partial charge in [0.05, 0.1) is 17.6 Å². The monoisotopic (exact) mass is 316 g/mol. The van der Waals surface area contributed by atoms with Crippen molar-refractivity contribution < 1.29 is 9.59 Å². The highest BCUT2D eigenvalue weighted by Gasteiger charge is 2.49. The molecule has 0 aromatic heterocycles. The number of anilines is 1. The minimum absolute atomic E-state index is 0. The van der Waals surface area contributed by atoms with Crippen LogP contribution in [0.4, 0.5) is 5.69 Å². The third kappa shape index (κ3) is 2.11. The van der Waals surface area contributed by atoms with E-state index in [9.17, 15) is 9.59 Å². The normalized spacial score (nSPS) is 24.3. The number of rotatable bonds is 1. The van der Waals surface area contributed by atoms with Crippen LogP contribution in [0.25, 0.3) is 10.8 Å². The maximum absolute atomic E-state index is 12.7. The van der Waals surface area contributed by atoms with E-state index in [-0.39, 0.29) is 36.2 Å². The van der Waals surface area contributed by atoms with Gasteiger partial charge in [0.15, 0.2) is 0 Å². The van der Waals surface area contributed by atoms with E-state index in [4.69, 9.17) is 0 Å².